The summed E-state index contributed by atoms with van der Waals surface area (Å²) in [5, 5.41) is 3.40. The molecule has 0 aromatic rings. The van der Waals surface area contributed by atoms with Crippen LogP contribution in [0.15, 0.2) is 4.99 Å². The SMILES string of the molecule is CCNC(=NCC(C)(C)N1CCOCC1)N1CCN(C(C)=O)CC1.I. The van der Waals surface area contributed by atoms with Crippen molar-refractivity contribution in [2.24, 2.45) is 4.99 Å². The van der Waals surface area contributed by atoms with Gasteiger partial charge in [0.15, 0.2) is 5.96 Å². The lowest BCUT2D eigenvalue weighted by atomic mass is 10.0. The van der Waals surface area contributed by atoms with Crippen molar-refractivity contribution >= 4 is 35.8 Å². The number of aliphatic imine (C=N–C) groups is 1. The van der Waals surface area contributed by atoms with Crippen molar-refractivity contribution in [2.45, 2.75) is 33.2 Å². The molecule has 7 nitrogen and oxygen atoms in total. The Balaban J connectivity index is 0.00000312. The zero-order valence-corrected chi connectivity index (χ0v) is 18.4. The molecule has 0 atom stereocenters. The van der Waals surface area contributed by atoms with Crippen molar-refractivity contribution in [3.8, 4) is 0 Å². The van der Waals surface area contributed by atoms with Crippen molar-refractivity contribution in [1.29, 1.82) is 0 Å². The third kappa shape index (κ3) is 6.56. The van der Waals surface area contributed by atoms with Crippen LogP contribution in [0.25, 0.3) is 0 Å². The molecule has 2 saturated heterocycles. The normalized spacial score (nSPS) is 20.2. The number of halogens is 1. The van der Waals surface area contributed by atoms with Crippen molar-refractivity contribution in [3.05, 3.63) is 0 Å². The van der Waals surface area contributed by atoms with Gasteiger partial charge in [0.05, 0.1) is 19.8 Å². The number of morpholine rings is 1. The van der Waals surface area contributed by atoms with Crippen LogP contribution in [0.5, 0.6) is 0 Å². The number of carbonyl (C=O) groups excluding carboxylic acids is 1. The van der Waals surface area contributed by atoms with Gasteiger partial charge in [0.2, 0.25) is 5.91 Å². The van der Waals surface area contributed by atoms with E-state index in [1.165, 1.54) is 0 Å². The molecule has 2 fully saturated rings. The lowest BCUT2D eigenvalue weighted by Crippen LogP contribution is -2.55. The minimum Gasteiger partial charge on any atom is -0.379 e. The van der Waals surface area contributed by atoms with Gasteiger partial charge in [-0.3, -0.25) is 14.7 Å². The van der Waals surface area contributed by atoms with Crippen LogP contribution in [0.4, 0.5) is 0 Å². The molecule has 0 unspecified atom stereocenters. The topological polar surface area (TPSA) is 60.4 Å². The first-order valence-electron chi connectivity index (χ1n) is 9.05. The van der Waals surface area contributed by atoms with Gasteiger partial charge in [-0.05, 0) is 20.8 Å². The fraction of sp³-hybridized carbons (Fsp3) is 0.882. The number of hydrogen-bond donors (Lipinski definition) is 1. The molecule has 2 rings (SSSR count). The summed E-state index contributed by atoms with van der Waals surface area (Å²) in [5.41, 5.74) is 0.0195. The summed E-state index contributed by atoms with van der Waals surface area (Å²) in [6, 6.07) is 0. The highest BCUT2D eigenvalue weighted by Gasteiger charge is 2.29. The van der Waals surface area contributed by atoms with Crippen molar-refractivity contribution in [1.82, 2.24) is 20.0 Å². The number of hydrogen-bond acceptors (Lipinski definition) is 4. The molecule has 1 amide bonds. The molecule has 146 valence electrons. The maximum absolute atomic E-state index is 11.5. The first-order valence-corrected chi connectivity index (χ1v) is 9.05. The number of carbonyl (C=O) groups is 1. The standard InChI is InChI=1S/C17H33N5O2.HI/c1-5-18-16(21-8-6-20(7-9-21)15(2)23)19-14-17(3,4)22-10-12-24-13-11-22;/h5-14H2,1-4H3,(H,18,19);1H. The summed E-state index contributed by atoms with van der Waals surface area (Å²) >= 11 is 0. The van der Waals surface area contributed by atoms with Crippen molar-refractivity contribution in [2.75, 3.05) is 65.6 Å². The van der Waals surface area contributed by atoms with Gasteiger partial charge in [0.1, 0.15) is 0 Å². The Morgan fingerprint density at radius 2 is 1.64 bits per heavy atom. The molecular weight excluding hydrogens is 433 g/mol. The molecule has 0 bridgehead atoms. The molecule has 0 aromatic carbocycles. The molecule has 2 aliphatic heterocycles. The summed E-state index contributed by atoms with van der Waals surface area (Å²) in [6.45, 7) is 16.6. The second-order valence-corrected chi connectivity index (χ2v) is 7.08. The highest BCUT2D eigenvalue weighted by Crippen LogP contribution is 2.17. The summed E-state index contributed by atoms with van der Waals surface area (Å²) in [4.78, 5) is 23.0. The monoisotopic (exact) mass is 467 g/mol. The Bertz CT molecular complexity index is 444. The Kier molecular flexibility index (Phi) is 9.44. The predicted molar refractivity (Wildman–Crippen MR) is 112 cm³/mol. The van der Waals surface area contributed by atoms with Gasteiger partial charge < -0.3 is 19.9 Å². The smallest absolute Gasteiger partial charge is 0.219 e. The van der Waals surface area contributed by atoms with Crippen molar-refractivity contribution in [3.63, 3.8) is 0 Å². The second-order valence-electron chi connectivity index (χ2n) is 7.08. The highest BCUT2D eigenvalue weighted by molar-refractivity contribution is 14.0. The Morgan fingerprint density at radius 1 is 1.08 bits per heavy atom. The fourth-order valence-electron chi connectivity index (χ4n) is 3.20. The summed E-state index contributed by atoms with van der Waals surface area (Å²) in [7, 11) is 0. The van der Waals surface area contributed by atoms with Crippen LogP contribution in [-0.4, -0.2) is 97.7 Å². The van der Waals surface area contributed by atoms with Crippen LogP contribution in [0, 0.1) is 0 Å². The minimum absolute atomic E-state index is 0. The van der Waals surface area contributed by atoms with Gasteiger partial charge in [0, 0.05) is 58.3 Å². The third-order valence-corrected chi connectivity index (χ3v) is 4.84. The maximum Gasteiger partial charge on any atom is 0.219 e. The van der Waals surface area contributed by atoms with Gasteiger partial charge in [0.25, 0.3) is 0 Å². The van der Waals surface area contributed by atoms with Crippen LogP contribution in [0.1, 0.15) is 27.7 Å². The molecule has 0 radical (unpaired) electrons. The number of nitrogens with zero attached hydrogens (tertiary/aromatic N) is 4. The van der Waals surface area contributed by atoms with Gasteiger partial charge in [-0.2, -0.15) is 0 Å². The van der Waals surface area contributed by atoms with E-state index in [1.54, 1.807) is 6.92 Å². The number of guanidine groups is 1. The molecule has 8 heteroatoms. The van der Waals surface area contributed by atoms with Crippen molar-refractivity contribution < 1.29 is 9.53 Å². The minimum atomic E-state index is 0. The van der Waals surface area contributed by atoms with Gasteiger partial charge in [-0.1, -0.05) is 0 Å². The number of piperazine rings is 1. The maximum atomic E-state index is 11.5. The zero-order chi connectivity index (χ0) is 17.6. The largest absolute Gasteiger partial charge is 0.379 e. The molecular formula is C17H34IN5O2. The lowest BCUT2D eigenvalue weighted by molar-refractivity contribution is -0.130. The van der Waals surface area contributed by atoms with E-state index in [-0.39, 0.29) is 35.4 Å². The van der Waals surface area contributed by atoms with Crippen LogP contribution < -0.4 is 5.32 Å². The van der Waals surface area contributed by atoms with Gasteiger partial charge >= 0.3 is 0 Å². The number of rotatable bonds is 4. The summed E-state index contributed by atoms with van der Waals surface area (Å²) in [6.07, 6.45) is 0. The van der Waals surface area contributed by atoms with Crippen LogP contribution >= 0.6 is 24.0 Å². The molecule has 2 heterocycles. The van der Waals surface area contributed by atoms with E-state index in [0.717, 1.165) is 71.5 Å². The zero-order valence-electron chi connectivity index (χ0n) is 16.1. The number of ether oxygens (including phenoxy) is 1. The van der Waals surface area contributed by atoms with E-state index >= 15 is 0 Å². The van der Waals surface area contributed by atoms with E-state index in [2.05, 4.69) is 35.9 Å². The summed E-state index contributed by atoms with van der Waals surface area (Å²) in [5.74, 6) is 1.12. The van der Waals surface area contributed by atoms with Gasteiger partial charge in [-0.25, -0.2) is 0 Å². The van der Waals surface area contributed by atoms with E-state index in [1.807, 2.05) is 4.90 Å². The van der Waals surface area contributed by atoms with Crippen LogP contribution in [0.2, 0.25) is 0 Å². The molecule has 25 heavy (non-hydrogen) atoms. The Morgan fingerprint density at radius 3 is 2.16 bits per heavy atom. The Hall–Kier alpha value is -0.610. The third-order valence-electron chi connectivity index (χ3n) is 4.84. The molecule has 0 spiro atoms. The number of amides is 1. The molecule has 0 aliphatic carbocycles. The number of nitrogens with one attached hydrogen (secondary N) is 1. The van der Waals surface area contributed by atoms with E-state index in [9.17, 15) is 4.79 Å². The molecule has 0 saturated carbocycles. The quantitative estimate of drug-likeness (QED) is 0.378. The van der Waals surface area contributed by atoms with E-state index in [0.29, 0.717) is 0 Å². The average molecular weight is 467 g/mol. The van der Waals surface area contributed by atoms with Gasteiger partial charge in [-0.15, -0.1) is 24.0 Å². The first-order chi connectivity index (χ1) is 11.4. The molecule has 2 aliphatic rings. The van der Waals surface area contributed by atoms with Crippen LogP contribution in [0.3, 0.4) is 0 Å². The summed E-state index contributed by atoms with van der Waals surface area (Å²) < 4.78 is 5.45. The Labute approximate surface area is 169 Å². The highest BCUT2D eigenvalue weighted by atomic mass is 127. The fourth-order valence-corrected chi connectivity index (χ4v) is 3.20. The first kappa shape index (κ1) is 22.4. The van der Waals surface area contributed by atoms with E-state index in [4.69, 9.17) is 9.73 Å². The van der Waals surface area contributed by atoms with Crippen LogP contribution in [-0.2, 0) is 9.53 Å². The second kappa shape index (κ2) is 10.5. The lowest BCUT2D eigenvalue weighted by Gasteiger charge is -2.40. The molecule has 1 N–H and O–H groups in total. The van der Waals surface area contributed by atoms with E-state index < -0.39 is 0 Å². The molecule has 0 aromatic heterocycles. The average Bonchev–Trinajstić information content (AvgIpc) is 2.59. The predicted octanol–water partition coefficient (Wildman–Crippen LogP) is 0.845.